The van der Waals surface area contributed by atoms with Crippen molar-refractivity contribution in [1.82, 2.24) is 10.2 Å². The third-order valence-corrected chi connectivity index (χ3v) is 2.98. The summed E-state index contributed by atoms with van der Waals surface area (Å²) in [4.78, 5) is 26.1. The van der Waals surface area contributed by atoms with Gasteiger partial charge in [0.1, 0.15) is 0 Å². The van der Waals surface area contributed by atoms with E-state index < -0.39 is 0 Å². The molecule has 0 aromatic heterocycles. The van der Waals surface area contributed by atoms with Gasteiger partial charge >= 0.3 is 0 Å². The topological polar surface area (TPSA) is 49.4 Å². The summed E-state index contributed by atoms with van der Waals surface area (Å²) >= 11 is 0. The SMILES string of the molecule is CCCN(CCC)C(=O)c1cccc(C(=O)NCC)c1. The van der Waals surface area contributed by atoms with Crippen molar-refractivity contribution in [1.29, 1.82) is 0 Å². The molecule has 0 fully saturated rings. The molecule has 0 heterocycles. The van der Waals surface area contributed by atoms with Crippen molar-refractivity contribution in [3.63, 3.8) is 0 Å². The highest BCUT2D eigenvalue weighted by atomic mass is 16.2. The van der Waals surface area contributed by atoms with Crippen LogP contribution in [0.4, 0.5) is 0 Å². The number of hydrogen-bond donors (Lipinski definition) is 1. The molecule has 0 unspecified atom stereocenters. The van der Waals surface area contributed by atoms with Crippen molar-refractivity contribution in [2.24, 2.45) is 0 Å². The van der Waals surface area contributed by atoms with Gasteiger partial charge < -0.3 is 10.2 Å². The number of amides is 2. The van der Waals surface area contributed by atoms with E-state index in [0.29, 0.717) is 17.7 Å². The van der Waals surface area contributed by atoms with E-state index in [1.165, 1.54) is 0 Å². The highest BCUT2D eigenvalue weighted by molar-refractivity contribution is 5.99. The van der Waals surface area contributed by atoms with Gasteiger partial charge in [-0.3, -0.25) is 9.59 Å². The smallest absolute Gasteiger partial charge is 0.253 e. The summed E-state index contributed by atoms with van der Waals surface area (Å²) in [6.45, 7) is 8.06. The molecule has 0 bridgehead atoms. The first-order chi connectivity index (χ1) is 9.63. The fourth-order valence-electron chi connectivity index (χ4n) is 2.09. The summed E-state index contributed by atoms with van der Waals surface area (Å²) in [7, 11) is 0. The molecule has 2 amide bonds. The average Bonchev–Trinajstić information content (AvgIpc) is 2.46. The molecule has 110 valence electrons. The molecule has 0 atom stereocenters. The first-order valence-electron chi connectivity index (χ1n) is 7.31. The molecule has 1 N–H and O–H groups in total. The van der Waals surface area contributed by atoms with Crippen molar-refractivity contribution in [2.75, 3.05) is 19.6 Å². The van der Waals surface area contributed by atoms with Crippen LogP contribution >= 0.6 is 0 Å². The fraction of sp³-hybridized carbons (Fsp3) is 0.500. The largest absolute Gasteiger partial charge is 0.352 e. The van der Waals surface area contributed by atoms with Crippen LogP contribution < -0.4 is 5.32 Å². The molecule has 0 radical (unpaired) electrons. The number of benzene rings is 1. The van der Waals surface area contributed by atoms with Crippen molar-refractivity contribution < 1.29 is 9.59 Å². The zero-order valence-electron chi connectivity index (χ0n) is 12.6. The summed E-state index contributed by atoms with van der Waals surface area (Å²) in [6.07, 6.45) is 1.86. The van der Waals surface area contributed by atoms with Gasteiger partial charge in [0.05, 0.1) is 0 Å². The number of nitrogens with zero attached hydrogens (tertiary/aromatic N) is 1. The van der Waals surface area contributed by atoms with Gasteiger partial charge in [-0.15, -0.1) is 0 Å². The summed E-state index contributed by atoms with van der Waals surface area (Å²) in [5.74, 6) is -0.139. The van der Waals surface area contributed by atoms with Crippen molar-refractivity contribution in [3.05, 3.63) is 35.4 Å². The molecule has 0 aliphatic heterocycles. The average molecular weight is 276 g/mol. The Bertz CT molecular complexity index is 452. The van der Waals surface area contributed by atoms with E-state index in [2.05, 4.69) is 19.2 Å². The lowest BCUT2D eigenvalue weighted by molar-refractivity contribution is 0.0755. The number of carbonyl (C=O) groups is 2. The molecule has 1 rings (SSSR count). The molecule has 20 heavy (non-hydrogen) atoms. The van der Waals surface area contributed by atoms with Crippen LogP contribution in [0, 0.1) is 0 Å². The third kappa shape index (κ3) is 4.37. The molecule has 0 spiro atoms. The second-order valence-corrected chi connectivity index (χ2v) is 4.73. The molecule has 0 saturated carbocycles. The molecular formula is C16H24N2O2. The molecule has 0 aliphatic rings. The van der Waals surface area contributed by atoms with E-state index in [1.54, 1.807) is 24.3 Å². The number of carbonyl (C=O) groups excluding carboxylic acids is 2. The van der Waals surface area contributed by atoms with Crippen LogP contribution in [0.5, 0.6) is 0 Å². The highest BCUT2D eigenvalue weighted by Gasteiger charge is 2.15. The normalized spacial score (nSPS) is 10.2. The minimum atomic E-state index is -0.139. The monoisotopic (exact) mass is 276 g/mol. The van der Waals surface area contributed by atoms with Crippen molar-refractivity contribution in [2.45, 2.75) is 33.6 Å². The maximum atomic E-state index is 12.5. The standard InChI is InChI=1S/C16H24N2O2/c1-4-10-18(11-5-2)16(20)14-9-7-8-13(12-14)15(19)17-6-3/h7-9,12H,4-6,10-11H2,1-3H3,(H,17,19). The van der Waals surface area contributed by atoms with Crippen LogP contribution in [-0.2, 0) is 0 Å². The number of hydrogen-bond acceptors (Lipinski definition) is 2. The van der Waals surface area contributed by atoms with Gasteiger partial charge in [-0.25, -0.2) is 0 Å². The van der Waals surface area contributed by atoms with Crippen molar-refractivity contribution >= 4 is 11.8 Å². The minimum absolute atomic E-state index is 0.000140. The Morgan fingerprint density at radius 2 is 1.65 bits per heavy atom. The Balaban J connectivity index is 2.91. The summed E-state index contributed by atoms with van der Waals surface area (Å²) in [5, 5.41) is 2.74. The number of rotatable bonds is 7. The Morgan fingerprint density at radius 3 is 2.20 bits per heavy atom. The van der Waals surface area contributed by atoms with E-state index in [1.807, 2.05) is 11.8 Å². The van der Waals surface area contributed by atoms with Crippen LogP contribution in [0.25, 0.3) is 0 Å². The van der Waals surface area contributed by atoms with Gasteiger partial charge in [0.2, 0.25) is 0 Å². The second kappa shape index (κ2) is 8.35. The molecular weight excluding hydrogens is 252 g/mol. The van der Waals surface area contributed by atoms with E-state index in [4.69, 9.17) is 0 Å². The predicted molar refractivity (Wildman–Crippen MR) is 80.9 cm³/mol. The van der Waals surface area contributed by atoms with E-state index in [9.17, 15) is 9.59 Å². The van der Waals surface area contributed by atoms with Crippen LogP contribution in [0.2, 0.25) is 0 Å². The lowest BCUT2D eigenvalue weighted by atomic mass is 10.1. The first kappa shape index (κ1) is 16.2. The van der Waals surface area contributed by atoms with Crippen LogP contribution in [-0.4, -0.2) is 36.3 Å². The van der Waals surface area contributed by atoms with Gasteiger partial charge in [0.25, 0.3) is 11.8 Å². The van der Waals surface area contributed by atoms with Gasteiger partial charge in [-0.2, -0.15) is 0 Å². The summed E-state index contributed by atoms with van der Waals surface area (Å²) in [6, 6.07) is 6.93. The molecule has 1 aromatic rings. The second-order valence-electron chi connectivity index (χ2n) is 4.73. The Labute approximate surface area is 121 Å². The van der Waals surface area contributed by atoms with Crippen LogP contribution in [0.15, 0.2) is 24.3 Å². The lowest BCUT2D eigenvalue weighted by Crippen LogP contribution is -2.32. The van der Waals surface area contributed by atoms with E-state index >= 15 is 0 Å². The molecule has 4 nitrogen and oxygen atoms in total. The first-order valence-corrected chi connectivity index (χ1v) is 7.31. The lowest BCUT2D eigenvalue weighted by Gasteiger charge is -2.21. The van der Waals surface area contributed by atoms with Crippen LogP contribution in [0.3, 0.4) is 0 Å². The Morgan fingerprint density at radius 1 is 1.05 bits per heavy atom. The fourth-order valence-corrected chi connectivity index (χ4v) is 2.09. The predicted octanol–water partition coefficient (Wildman–Crippen LogP) is 2.70. The Hall–Kier alpha value is -1.84. The van der Waals surface area contributed by atoms with Crippen molar-refractivity contribution in [3.8, 4) is 0 Å². The maximum absolute atomic E-state index is 12.5. The zero-order chi connectivity index (χ0) is 15.0. The summed E-state index contributed by atoms with van der Waals surface area (Å²) < 4.78 is 0. The molecule has 4 heteroatoms. The summed E-state index contributed by atoms with van der Waals surface area (Å²) in [5.41, 5.74) is 1.11. The Kier molecular flexibility index (Phi) is 6.77. The molecule has 0 aliphatic carbocycles. The minimum Gasteiger partial charge on any atom is -0.352 e. The van der Waals surface area contributed by atoms with Gasteiger partial charge in [-0.05, 0) is 38.0 Å². The van der Waals surface area contributed by atoms with Gasteiger partial charge in [0.15, 0.2) is 0 Å². The zero-order valence-corrected chi connectivity index (χ0v) is 12.6. The maximum Gasteiger partial charge on any atom is 0.253 e. The van der Waals surface area contributed by atoms with E-state index in [0.717, 1.165) is 25.9 Å². The third-order valence-electron chi connectivity index (χ3n) is 2.98. The van der Waals surface area contributed by atoms with Crippen LogP contribution in [0.1, 0.15) is 54.3 Å². The van der Waals surface area contributed by atoms with Gasteiger partial charge in [-0.1, -0.05) is 19.9 Å². The quantitative estimate of drug-likeness (QED) is 0.832. The van der Waals surface area contributed by atoms with E-state index in [-0.39, 0.29) is 11.8 Å². The highest BCUT2D eigenvalue weighted by Crippen LogP contribution is 2.10. The van der Waals surface area contributed by atoms with Gasteiger partial charge in [0, 0.05) is 30.8 Å². The molecule has 0 saturated heterocycles. The molecule has 1 aromatic carbocycles. The number of nitrogens with one attached hydrogen (secondary N) is 1.